The molecule has 138 valence electrons. The fourth-order valence-corrected chi connectivity index (χ4v) is 4.27. The zero-order valence-corrected chi connectivity index (χ0v) is 15.7. The lowest BCUT2D eigenvalue weighted by atomic mass is 10.1. The second-order valence-corrected chi connectivity index (χ2v) is 7.69. The standard InChI is InChI=1S/C21H21N3O2S/c25-21(26)24-12-4-11-23(13-14-24)20-19-15-18(8-7-16(19)9-10-22-20)27-17-5-2-1-3-6-17/h1-3,5-10,15H,4,11-14H2,(H,25,26). The first-order chi connectivity index (χ1) is 13.2. The molecule has 1 aromatic heterocycles. The number of carbonyl (C=O) groups is 1. The van der Waals surface area contributed by atoms with Gasteiger partial charge in [-0.05, 0) is 42.1 Å². The molecule has 0 radical (unpaired) electrons. The Hall–Kier alpha value is -2.73. The van der Waals surface area contributed by atoms with Crippen molar-refractivity contribution in [2.45, 2.75) is 16.2 Å². The summed E-state index contributed by atoms with van der Waals surface area (Å²) in [5.74, 6) is 0.940. The maximum Gasteiger partial charge on any atom is 0.407 e. The highest BCUT2D eigenvalue weighted by Crippen LogP contribution is 2.33. The number of benzene rings is 2. The van der Waals surface area contributed by atoms with E-state index in [-0.39, 0.29) is 0 Å². The van der Waals surface area contributed by atoms with E-state index in [4.69, 9.17) is 0 Å². The molecule has 1 saturated heterocycles. The molecule has 5 nitrogen and oxygen atoms in total. The van der Waals surface area contributed by atoms with Crippen molar-refractivity contribution in [1.29, 1.82) is 0 Å². The third-order valence-corrected chi connectivity index (χ3v) is 5.76. The monoisotopic (exact) mass is 379 g/mol. The van der Waals surface area contributed by atoms with Crippen LogP contribution in [0.5, 0.6) is 0 Å². The zero-order valence-electron chi connectivity index (χ0n) is 14.9. The van der Waals surface area contributed by atoms with Crippen LogP contribution in [0, 0.1) is 0 Å². The van der Waals surface area contributed by atoms with E-state index in [1.54, 1.807) is 11.8 Å². The zero-order chi connectivity index (χ0) is 18.6. The van der Waals surface area contributed by atoms with Crippen molar-refractivity contribution >= 4 is 34.4 Å². The van der Waals surface area contributed by atoms with Gasteiger partial charge in [0.15, 0.2) is 0 Å². The fourth-order valence-electron chi connectivity index (χ4n) is 3.39. The minimum Gasteiger partial charge on any atom is -0.465 e. The van der Waals surface area contributed by atoms with Crippen LogP contribution in [0.25, 0.3) is 10.8 Å². The van der Waals surface area contributed by atoms with Crippen molar-refractivity contribution in [3.8, 4) is 0 Å². The number of anilines is 1. The van der Waals surface area contributed by atoms with Crippen LogP contribution in [0.1, 0.15) is 6.42 Å². The lowest BCUT2D eigenvalue weighted by molar-refractivity contribution is 0.148. The molecule has 3 aromatic rings. The number of hydrogen-bond acceptors (Lipinski definition) is 4. The summed E-state index contributed by atoms with van der Waals surface area (Å²) in [5, 5.41) is 11.5. The smallest absolute Gasteiger partial charge is 0.407 e. The molecule has 0 unspecified atom stereocenters. The number of pyridine rings is 1. The average Bonchev–Trinajstić information content (AvgIpc) is 2.95. The lowest BCUT2D eigenvalue weighted by Crippen LogP contribution is -2.34. The number of aromatic nitrogens is 1. The third-order valence-electron chi connectivity index (χ3n) is 4.76. The Morgan fingerprint density at radius 1 is 0.963 bits per heavy atom. The third kappa shape index (κ3) is 4.01. The summed E-state index contributed by atoms with van der Waals surface area (Å²) < 4.78 is 0. The van der Waals surface area contributed by atoms with E-state index in [1.165, 1.54) is 14.7 Å². The molecule has 0 aliphatic carbocycles. The van der Waals surface area contributed by atoms with Crippen molar-refractivity contribution in [3.05, 3.63) is 60.8 Å². The van der Waals surface area contributed by atoms with Gasteiger partial charge in [0.2, 0.25) is 0 Å². The van der Waals surface area contributed by atoms with E-state index in [9.17, 15) is 9.90 Å². The van der Waals surface area contributed by atoms with Gasteiger partial charge in [0.1, 0.15) is 5.82 Å². The largest absolute Gasteiger partial charge is 0.465 e. The fraction of sp³-hybridized carbons (Fsp3) is 0.238. The molecule has 2 heterocycles. The molecule has 0 atom stereocenters. The molecule has 0 spiro atoms. The highest BCUT2D eigenvalue weighted by molar-refractivity contribution is 7.99. The van der Waals surface area contributed by atoms with E-state index >= 15 is 0 Å². The van der Waals surface area contributed by atoms with Crippen LogP contribution in [-0.4, -0.2) is 47.3 Å². The maximum atomic E-state index is 11.3. The van der Waals surface area contributed by atoms with Crippen molar-refractivity contribution in [2.75, 3.05) is 31.1 Å². The van der Waals surface area contributed by atoms with Gasteiger partial charge >= 0.3 is 6.09 Å². The molecule has 0 saturated carbocycles. The van der Waals surface area contributed by atoms with Crippen LogP contribution in [0.15, 0.2) is 70.6 Å². The molecule has 2 aromatic carbocycles. The molecule has 1 fully saturated rings. The summed E-state index contributed by atoms with van der Waals surface area (Å²) in [6, 6.07) is 18.8. The molecule has 0 bridgehead atoms. The Kier molecular flexibility index (Phi) is 5.16. The van der Waals surface area contributed by atoms with Gasteiger partial charge < -0.3 is 14.9 Å². The van der Waals surface area contributed by atoms with Gasteiger partial charge in [-0.25, -0.2) is 9.78 Å². The highest BCUT2D eigenvalue weighted by Gasteiger charge is 2.20. The van der Waals surface area contributed by atoms with Crippen molar-refractivity contribution in [2.24, 2.45) is 0 Å². The van der Waals surface area contributed by atoms with Gasteiger partial charge in [-0.3, -0.25) is 0 Å². The molecule has 27 heavy (non-hydrogen) atoms. The predicted molar refractivity (Wildman–Crippen MR) is 109 cm³/mol. The Bertz CT molecular complexity index is 949. The molecule has 1 aliphatic heterocycles. The highest BCUT2D eigenvalue weighted by atomic mass is 32.2. The Balaban J connectivity index is 1.64. The number of fused-ring (bicyclic) bond motifs is 1. The van der Waals surface area contributed by atoms with Crippen LogP contribution in [0.4, 0.5) is 10.6 Å². The van der Waals surface area contributed by atoms with E-state index in [1.807, 2.05) is 30.5 Å². The average molecular weight is 379 g/mol. The molecule has 1 amide bonds. The first kappa shape index (κ1) is 17.7. The molecular formula is C21H21N3O2S. The number of rotatable bonds is 3. The van der Waals surface area contributed by atoms with E-state index < -0.39 is 6.09 Å². The van der Waals surface area contributed by atoms with Crippen LogP contribution >= 0.6 is 11.8 Å². The van der Waals surface area contributed by atoms with Crippen LogP contribution in [-0.2, 0) is 0 Å². The van der Waals surface area contributed by atoms with E-state index in [2.05, 4.69) is 40.2 Å². The number of carboxylic acid groups (broad SMARTS) is 1. The summed E-state index contributed by atoms with van der Waals surface area (Å²) in [5.41, 5.74) is 0. The topological polar surface area (TPSA) is 56.7 Å². The first-order valence-corrected chi connectivity index (χ1v) is 9.87. The number of hydrogen-bond donors (Lipinski definition) is 1. The normalized spacial score (nSPS) is 15.0. The second kappa shape index (κ2) is 7.88. The van der Waals surface area contributed by atoms with Gasteiger partial charge in [0.25, 0.3) is 0 Å². The molecule has 1 aliphatic rings. The molecule has 4 rings (SSSR count). The van der Waals surface area contributed by atoms with E-state index in [0.29, 0.717) is 19.6 Å². The maximum absolute atomic E-state index is 11.3. The van der Waals surface area contributed by atoms with Crippen molar-refractivity contribution in [3.63, 3.8) is 0 Å². The Morgan fingerprint density at radius 3 is 2.63 bits per heavy atom. The first-order valence-electron chi connectivity index (χ1n) is 9.05. The number of nitrogens with zero attached hydrogens (tertiary/aromatic N) is 3. The Labute approximate surface area is 162 Å². The number of amides is 1. The van der Waals surface area contributed by atoms with Crippen LogP contribution in [0.2, 0.25) is 0 Å². The minimum atomic E-state index is -0.843. The van der Waals surface area contributed by atoms with E-state index in [0.717, 1.165) is 29.6 Å². The van der Waals surface area contributed by atoms with Gasteiger partial charge in [0.05, 0.1) is 0 Å². The van der Waals surface area contributed by atoms with Gasteiger partial charge in [-0.15, -0.1) is 0 Å². The summed E-state index contributed by atoms with van der Waals surface area (Å²) in [4.78, 5) is 22.0. The lowest BCUT2D eigenvalue weighted by Gasteiger charge is -2.23. The minimum absolute atomic E-state index is 0.506. The molecule has 1 N–H and O–H groups in total. The summed E-state index contributed by atoms with van der Waals surface area (Å²) in [6.45, 7) is 2.55. The summed E-state index contributed by atoms with van der Waals surface area (Å²) >= 11 is 1.73. The van der Waals surface area contributed by atoms with Gasteiger partial charge in [-0.2, -0.15) is 0 Å². The van der Waals surface area contributed by atoms with Crippen LogP contribution < -0.4 is 4.90 Å². The van der Waals surface area contributed by atoms with Gasteiger partial charge in [0, 0.05) is 47.6 Å². The quantitative estimate of drug-likeness (QED) is 0.722. The predicted octanol–water partition coefficient (Wildman–Crippen LogP) is 4.58. The Morgan fingerprint density at radius 2 is 1.81 bits per heavy atom. The van der Waals surface area contributed by atoms with Gasteiger partial charge in [-0.1, -0.05) is 36.0 Å². The summed E-state index contributed by atoms with van der Waals surface area (Å²) in [7, 11) is 0. The molecule has 6 heteroatoms. The summed E-state index contributed by atoms with van der Waals surface area (Å²) in [6.07, 6.45) is 1.80. The SMILES string of the molecule is O=C(O)N1CCCN(c2nccc3ccc(Sc4ccccc4)cc23)CC1. The second-order valence-electron chi connectivity index (χ2n) is 6.54. The van der Waals surface area contributed by atoms with Crippen molar-refractivity contribution in [1.82, 2.24) is 9.88 Å². The molecular weight excluding hydrogens is 358 g/mol. The van der Waals surface area contributed by atoms with Crippen molar-refractivity contribution < 1.29 is 9.90 Å². The van der Waals surface area contributed by atoms with Crippen LogP contribution in [0.3, 0.4) is 0 Å².